The van der Waals surface area contributed by atoms with Crippen LogP contribution in [0.15, 0.2) is 12.3 Å². The number of pyridine rings is 1. The molecule has 4 fully saturated rings. The zero-order chi connectivity index (χ0) is 21.7. The second-order valence-electron chi connectivity index (χ2n) is 10.1. The highest BCUT2D eigenvalue weighted by atomic mass is 35.5. The number of carbonyl (C=O) groups is 1. The summed E-state index contributed by atoms with van der Waals surface area (Å²) in [7, 11) is 0. The average molecular weight is 522 g/mol. The van der Waals surface area contributed by atoms with E-state index in [2.05, 4.69) is 20.9 Å². The van der Waals surface area contributed by atoms with Gasteiger partial charge >= 0.3 is 0 Å². The smallest absolute Gasteiger partial charge is 0.252 e. The summed E-state index contributed by atoms with van der Waals surface area (Å²) in [5, 5.41) is 18.9. The van der Waals surface area contributed by atoms with Crippen LogP contribution in [0.1, 0.15) is 61.0 Å². The highest BCUT2D eigenvalue weighted by Gasteiger charge is 2.50. The van der Waals surface area contributed by atoms with E-state index in [1.165, 1.54) is 38.5 Å². The number of aromatic nitrogens is 1. The highest BCUT2D eigenvalue weighted by Crippen LogP contribution is 2.59. The van der Waals surface area contributed by atoms with Crippen molar-refractivity contribution in [2.75, 3.05) is 39.3 Å². The Morgan fingerprint density at radius 1 is 1.03 bits per heavy atom. The molecule has 0 unspecified atom stereocenters. The highest BCUT2D eigenvalue weighted by molar-refractivity contribution is 6.33. The number of aryl methyl sites for hydroxylation is 1. The number of carbonyl (C=O) groups excluding carboxylic acids is 1. The summed E-state index contributed by atoms with van der Waals surface area (Å²) in [4.78, 5) is 17.4. The summed E-state index contributed by atoms with van der Waals surface area (Å²) in [5.74, 6) is 2.60. The first kappa shape index (κ1) is 28.6. The maximum atomic E-state index is 13.0. The summed E-state index contributed by atoms with van der Waals surface area (Å²) in [6, 6.07) is 1.86. The fourth-order valence-electron chi connectivity index (χ4n) is 6.56. The summed E-state index contributed by atoms with van der Waals surface area (Å²) in [6.07, 6.45) is 11.5. The molecule has 0 spiro atoms. The molecule has 0 aliphatic heterocycles. The van der Waals surface area contributed by atoms with Crippen LogP contribution in [0.5, 0.6) is 0 Å². The lowest BCUT2D eigenvalue weighted by Gasteiger charge is -2.56. The molecular weight excluding hydrogens is 483 g/mol. The zero-order valence-corrected chi connectivity index (χ0v) is 21.7. The Kier molecular flexibility index (Phi) is 11.7. The molecule has 0 saturated heterocycles. The van der Waals surface area contributed by atoms with Gasteiger partial charge in [-0.25, -0.2) is 0 Å². The van der Waals surface area contributed by atoms with Gasteiger partial charge in [0.25, 0.3) is 5.91 Å². The fourth-order valence-corrected chi connectivity index (χ4v) is 6.75. The molecule has 1 amide bonds. The molecule has 4 N–H and O–H groups in total. The molecule has 1 aromatic rings. The topological polar surface area (TPSA) is 86.3 Å². The number of nitrogens with zero attached hydrogens (tertiary/aromatic N) is 1. The number of nitrogens with one attached hydrogen (secondary N) is 3. The summed E-state index contributed by atoms with van der Waals surface area (Å²) >= 11 is 6.33. The molecule has 6 nitrogen and oxygen atoms in total. The molecule has 4 saturated carbocycles. The van der Waals surface area contributed by atoms with Crippen LogP contribution in [0.25, 0.3) is 0 Å². The SMILES string of the molecule is Cl.Cl.O=C(NCC12CC3CC(CC(C3)C1)C2)c1cc(CCCNCCNCCO)ncc1Cl. The van der Waals surface area contributed by atoms with Crippen molar-refractivity contribution in [3.8, 4) is 0 Å². The van der Waals surface area contributed by atoms with Crippen molar-refractivity contribution in [2.45, 2.75) is 51.4 Å². The molecule has 4 aliphatic rings. The number of rotatable bonds is 12. The van der Waals surface area contributed by atoms with Gasteiger partial charge in [-0.15, -0.1) is 24.8 Å². The van der Waals surface area contributed by atoms with Gasteiger partial charge in [-0.1, -0.05) is 11.6 Å². The maximum Gasteiger partial charge on any atom is 0.252 e. The maximum absolute atomic E-state index is 13.0. The molecule has 0 radical (unpaired) electrons. The van der Waals surface area contributed by atoms with Crippen molar-refractivity contribution >= 4 is 42.3 Å². The minimum absolute atomic E-state index is 0. The Labute approximate surface area is 215 Å². The molecule has 1 aromatic heterocycles. The van der Waals surface area contributed by atoms with E-state index in [1.54, 1.807) is 6.20 Å². The van der Waals surface area contributed by atoms with Crippen molar-refractivity contribution in [2.24, 2.45) is 23.2 Å². The predicted molar refractivity (Wildman–Crippen MR) is 138 cm³/mol. The van der Waals surface area contributed by atoms with Crippen LogP contribution in [0.4, 0.5) is 0 Å². The van der Waals surface area contributed by atoms with Crippen LogP contribution in [0.2, 0.25) is 5.02 Å². The van der Waals surface area contributed by atoms with Crippen molar-refractivity contribution in [1.82, 2.24) is 20.9 Å². The van der Waals surface area contributed by atoms with Gasteiger partial charge in [-0.05, 0) is 87.1 Å². The lowest BCUT2D eigenvalue weighted by Crippen LogP contribution is -2.51. The molecule has 5 rings (SSSR count). The lowest BCUT2D eigenvalue weighted by molar-refractivity contribution is -0.0503. The van der Waals surface area contributed by atoms with Gasteiger partial charge in [0.1, 0.15) is 0 Å². The van der Waals surface area contributed by atoms with Crippen LogP contribution in [-0.4, -0.2) is 55.3 Å². The first-order valence-corrected chi connectivity index (χ1v) is 12.4. The molecule has 1 heterocycles. The number of halogens is 3. The molecule has 4 aliphatic carbocycles. The molecule has 4 bridgehead atoms. The summed E-state index contributed by atoms with van der Waals surface area (Å²) in [5.41, 5.74) is 1.78. The van der Waals surface area contributed by atoms with E-state index in [9.17, 15) is 4.79 Å². The van der Waals surface area contributed by atoms with E-state index in [-0.39, 0.29) is 37.3 Å². The van der Waals surface area contributed by atoms with Gasteiger partial charge in [-0.3, -0.25) is 9.78 Å². The Balaban J connectivity index is 0.00000193. The van der Waals surface area contributed by atoms with E-state index in [4.69, 9.17) is 16.7 Å². The molecular formula is C24H39Cl3N4O2. The molecule has 188 valence electrons. The summed E-state index contributed by atoms with van der Waals surface area (Å²) < 4.78 is 0. The average Bonchev–Trinajstić information content (AvgIpc) is 2.74. The Morgan fingerprint density at radius 3 is 2.24 bits per heavy atom. The fraction of sp³-hybridized carbons (Fsp3) is 0.750. The molecule has 0 aromatic carbocycles. The van der Waals surface area contributed by atoms with Crippen LogP contribution in [-0.2, 0) is 6.42 Å². The van der Waals surface area contributed by atoms with Crippen LogP contribution in [0.3, 0.4) is 0 Å². The molecule has 9 heteroatoms. The standard InChI is InChI=1S/C24H37ClN4O2.2ClH/c25-22-15-28-20(2-1-3-26-4-5-27-6-7-30)11-21(22)23(31)29-16-24-12-17-8-18(13-24)10-19(9-17)14-24;;/h11,15,17-19,26-27,30H,1-10,12-14,16H2,(H,29,31);2*1H. The van der Waals surface area contributed by atoms with E-state index >= 15 is 0 Å². The van der Waals surface area contributed by atoms with Crippen molar-refractivity contribution < 1.29 is 9.90 Å². The number of aliphatic hydroxyl groups excluding tert-OH is 1. The minimum Gasteiger partial charge on any atom is -0.395 e. The number of hydrogen-bond donors (Lipinski definition) is 4. The van der Waals surface area contributed by atoms with Gasteiger partial charge in [-0.2, -0.15) is 0 Å². The normalized spacial score (nSPS) is 27.0. The third kappa shape index (κ3) is 7.68. The number of hydrogen-bond acceptors (Lipinski definition) is 5. The van der Waals surface area contributed by atoms with Gasteiger partial charge in [0, 0.05) is 38.1 Å². The van der Waals surface area contributed by atoms with Crippen molar-refractivity contribution in [1.29, 1.82) is 0 Å². The van der Waals surface area contributed by atoms with Crippen molar-refractivity contribution in [3.05, 3.63) is 28.5 Å². The third-order valence-electron chi connectivity index (χ3n) is 7.50. The van der Waals surface area contributed by atoms with E-state index in [1.807, 2.05) is 6.07 Å². The second kappa shape index (κ2) is 13.5. The summed E-state index contributed by atoms with van der Waals surface area (Å²) in [6.45, 7) is 4.18. The lowest BCUT2D eigenvalue weighted by atomic mass is 9.49. The Morgan fingerprint density at radius 2 is 1.64 bits per heavy atom. The quantitative estimate of drug-likeness (QED) is 0.316. The number of aliphatic hydroxyl groups is 1. The Hall–Kier alpha value is -0.630. The van der Waals surface area contributed by atoms with Gasteiger partial charge in [0.05, 0.1) is 17.2 Å². The number of amides is 1. The van der Waals surface area contributed by atoms with Crippen LogP contribution in [0, 0.1) is 23.2 Å². The third-order valence-corrected chi connectivity index (χ3v) is 7.80. The van der Waals surface area contributed by atoms with E-state index in [0.717, 1.165) is 62.5 Å². The van der Waals surface area contributed by atoms with Crippen LogP contribution < -0.4 is 16.0 Å². The van der Waals surface area contributed by atoms with E-state index in [0.29, 0.717) is 22.5 Å². The zero-order valence-electron chi connectivity index (χ0n) is 19.3. The molecule has 33 heavy (non-hydrogen) atoms. The first-order valence-electron chi connectivity index (χ1n) is 12.0. The van der Waals surface area contributed by atoms with Crippen LogP contribution >= 0.6 is 36.4 Å². The van der Waals surface area contributed by atoms with Gasteiger partial charge < -0.3 is 21.1 Å². The molecule has 0 atom stereocenters. The van der Waals surface area contributed by atoms with Gasteiger partial charge in [0.15, 0.2) is 0 Å². The monoisotopic (exact) mass is 520 g/mol. The van der Waals surface area contributed by atoms with Gasteiger partial charge in [0.2, 0.25) is 0 Å². The predicted octanol–water partition coefficient (Wildman–Crippen LogP) is 3.63. The second-order valence-corrected chi connectivity index (χ2v) is 10.5. The Bertz CT molecular complexity index is 730. The minimum atomic E-state index is -0.0579. The van der Waals surface area contributed by atoms with E-state index < -0.39 is 0 Å². The largest absolute Gasteiger partial charge is 0.395 e. The first-order chi connectivity index (χ1) is 15.1. The van der Waals surface area contributed by atoms with Crippen molar-refractivity contribution in [3.63, 3.8) is 0 Å².